The van der Waals surface area contributed by atoms with Crippen LogP contribution >= 0.6 is 0 Å². The second kappa shape index (κ2) is 6.15. The zero-order chi connectivity index (χ0) is 13.8. The fraction of sp³-hybridized carbons (Fsp3) is 0.533. The van der Waals surface area contributed by atoms with E-state index < -0.39 is 0 Å². The molecular weight excluding hydrogens is 243 g/mol. The number of carbonyl (C=O) groups is 1. The molecule has 0 aromatic heterocycles. The molecule has 3 nitrogen and oxygen atoms in total. The van der Waals surface area contributed by atoms with Crippen LogP contribution in [-0.4, -0.2) is 29.9 Å². The number of benzene rings is 1. The van der Waals surface area contributed by atoms with Crippen molar-refractivity contribution in [3.8, 4) is 0 Å². The number of rotatable bonds is 3. The highest BCUT2D eigenvalue weighted by Crippen LogP contribution is 2.23. The van der Waals surface area contributed by atoms with Crippen LogP contribution in [0.15, 0.2) is 24.3 Å². The summed E-state index contributed by atoms with van der Waals surface area (Å²) in [6.45, 7) is 3.44. The van der Waals surface area contributed by atoms with Gasteiger partial charge >= 0.3 is 0 Å². The Balaban J connectivity index is 2.04. The van der Waals surface area contributed by atoms with Crippen LogP contribution in [0.3, 0.4) is 0 Å². The van der Waals surface area contributed by atoms with Crippen molar-refractivity contribution in [3.05, 3.63) is 35.6 Å². The zero-order valence-electron chi connectivity index (χ0n) is 11.3. The Labute approximate surface area is 113 Å². The van der Waals surface area contributed by atoms with E-state index in [-0.39, 0.29) is 17.8 Å². The van der Waals surface area contributed by atoms with E-state index in [9.17, 15) is 9.18 Å². The van der Waals surface area contributed by atoms with E-state index in [2.05, 4.69) is 6.92 Å². The molecule has 1 fully saturated rings. The lowest BCUT2D eigenvalue weighted by atomic mass is 9.90. The molecule has 1 amide bonds. The Morgan fingerprint density at radius 3 is 2.74 bits per heavy atom. The van der Waals surface area contributed by atoms with Crippen LogP contribution in [0.25, 0.3) is 0 Å². The lowest BCUT2D eigenvalue weighted by Gasteiger charge is -2.39. The number of halogens is 1. The molecule has 1 heterocycles. The normalized spacial score (nSPS) is 23.4. The van der Waals surface area contributed by atoms with E-state index in [1.165, 1.54) is 12.1 Å². The third-order valence-electron chi connectivity index (χ3n) is 3.95. The standard InChI is InChI=1S/C15H21FN2O/c1-11-3-2-8-18(14(11)10-17)15(19)9-12-4-6-13(16)7-5-12/h4-7,11,14H,2-3,8-10,17H2,1H3/t11-,14+/m0/s1. The van der Waals surface area contributed by atoms with Crippen LogP contribution in [-0.2, 0) is 11.2 Å². The van der Waals surface area contributed by atoms with Gasteiger partial charge in [0.2, 0.25) is 5.91 Å². The number of hydrogen-bond donors (Lipinski definition) is 1. The van der Waals surface area contributed by atoms with Crippen LogP contribution < -0.4 is 5.73 Å². The van der Waals surface area contributed by atoms with Gasteiger partial charge < -0.3 is 10.6 Å². The molecule has 2 rings (SSSR count). The van der Waals surface area contributed by atoms with E-state index in [1.807, 2.05) is 4.90 Å². The van der Waals surface area contributed by atoms with Gasteiger partial charge in [0.15, 0.2) is 0 Å². The van der Waals surface area contributed by atoms with Gasteiger partial charge in [-0.05, 0) is 36.5 Å². The predicted molar refractivity (Wildman–Crippen MR) is 73.1 cm³/mol. The summed E-state index contributed by atoms with van der Waals surface area (Å²) in [5.41, 5.74) is 6.64. The summed E-state index contributed by atoms with van der Waals surface area (Å²) in [6.07, 6.45) is 2.48. The number of piperidine rings is 1. The SMILES string of the molecule is C[C@H]1CCCN(C(=O)Cc2ccc(F)cc2)[C@@H]1CN. The van der Waals surface area contributed by atoms with Crippen molar-refractivity contribution < 1.29 is 9.18 Å². The summed E-state index contributed by atoms with van der Waals surface area (Å²) in [5, 5.41) is 0. The highest BCUT2D eigenvalue weighted by Gasteiger charge is 2.30. The van der Waals surface area contributed by atoms with Gasteiger partial charge in [-0.3, -0.25) is 4.79 Å². The summed E-state index contributed by atoms with van der Waals surface area (Å²) in [5.74, 6) is 0.271. The van der Waals surface area contributed by atoms with Crippen molar-refractivity contribution >= 4 is 5.91 Å². The van der Waals surface area contributed by atoms with Gasteiger partial charge in [0.05, 0.1) is 6.42 Å². The maximum absolute atomic E-state index is 12.8. The number of amides is 1. The summed E-state index contributed by atoms with van der Waals surface area (Å²) < 4.78 is 12.8. The van der Waals surface area contributed by atoms with Gasteiger partial charge in [0.25, 0.3) is 0 Å². The van der Waals surface area contributed by atoms with Crippen molar-refractivity contribution in [2.75, 3.05) is 13.1 Å². The van der Waals surface area contributed by atoms with Gasteiger partial charge in [-0.2, -0.15) is 0 Å². The number of hydrogen-bond acceptors (Lipinski definition) is 2. The Bertz CT molecular complexity index is 432. The summed E-state index contributed by atoms with van der Waals surface area (Å²) in [6, 6.07) is 6.25. The second-order valence-electron chi connectivity index (χ2n) is 5.31. The van der Waals surface area contributed by atoms with Crippen LogP contribution in [0.4, 0.5) is 4.39 Å². The van der Waals surface area contributed by atoms with Crippen molar-refractivity contribution in [1.82, 2.24) is 4.90 Å². The summed E-state index contributed by atoms with van der Waals surface area (Å²) in [4.78, 5) is 14.2. The minimum absolute atomic E-state index is 0.0913. The molecular formula is C15H21FN2O. The van der Waals surface area contributed by atoms with E-state index in [4.69, 9.17) is 5.73 Å². The molecule has 1 saturated heterocycles. The fourth-order valence-electron chi connectivity index (χ4n) is 2.80. The van der Waals surface area contributed by atoms with E-state index >= 15 is 0 Å². The molecule has 0 radical (unpaired) electrons. The van der Waals surface area contributed by atoms with Gasteiger partial charge in [-0.15, -0.1) is 0 Å². The molecule has 1 aromatic rings. The molecule has 19 heavy (non-hydrogen) atoms. The van der Waals surface area contributed by atoms with E-state index in [0.29, 0.717) is 18.9 Å². The van der Waals surface area contributed by atoms with Crippen molar-refractivity contribution in [3.63, 3.8) is 0 Å². The average molecular weight is 264 g/mol. The molecule has 1 aliphatic heterocycles. The molecule has 104 valence electrons. The molecule has 0 aliphatic carbocycles. The molecule has 0 spiro atoms. The van der Waals surface area contributed by atoms with E-state index in [0.717, 1.165) is 24.9 Å². The summed E-state index contributed by atoms with van der Waals surface area (Å²) in [7, 11) is 0. The maximum atomic E-state index is 12.8. The fourth-order valence-corrected chi connectivity index (χ4v) is 2.80. The van der Waals surface area contributed by atoms with Gasteiger partial charge in [0, 0.05) is 19.1 Å². The van der Waals surface area contributed by atoms with E-state index in [1.54, 1.807) is 12.1 Å². The Morgan fingerprint density at radius 1 is 1.42 bits per heavy atom. The lowest BCUT2D eigenvalue weighted by Crippen LogP contribution is -2.51. The van der Waals surface area contributed by atoms with Crippen molar-refractivity contribution in [1.29, 1.82) is 0 Å². The monoisotopic (exact) mass is 264 g/mol. The quantitative estimate of drug-likeness (QED) is 0.907. The third kappa shape index (κ3) is 3.32. The van der Waals surface area contributed by atoms with Crippen LogP contribution in [0.5, 0.6) is 0 Å². The molecule has 1 aliphatic rings. The van der Waals surface area contributed by atoms with Gasteiger partial charge in [-0.1, -0.05) is 19.1 Å². The molecule has 4 heteroatoms. The zero-order valence-corrected chi connectivity index (χ0v) is 11.3. The van der Waals surface area contributed by atoms with Crippen LogP contribution in [0, 0.1) is 11.7 Å². The topological polar surface area (TPSA) is 46.3 Å². The Kier molecular flexibility index (Phi) is 4.53. The molecule has 1 aromatic carbocycles. The number of nitrogens with zero attached hydrogens (tertiary/aromatic N) is 1. The highest BCUT2D eigenvalue weighted by atomic mass is 19.1. The first-order chi connectivity index (χ1) is 9.11. The number of nitrogens with two attached hydrogens (primary N) is 1. The third-order valence-corrected chi connectivity index (χ3v) is 3.95. The average Bonchev–Trinajstić information content (AvgIpc) is 2.41. The van der Waals surface area contributed by atoms with Crippen LogP contribution in [0.2, 0.25) is 0 Å². The first kappa shape index (κ1) is 14.0. The van der Waals surface area contributed by atoms with Gasteiger partial charge in [-0.25, -0.2) is 4.39 Å². The molecule has 2 N–H and O–H groups in total. The first-order valence-electron chi connectivity index (χ1n) is 6.86. The molecule has 0 bridgehead atoms. The predicted octanol–water partition coefficient (Wildman–Crippen LogP) is 1.95. The lowest BCUT2D eigenvalue weighted by molar-refractivity contribution is -0.135. The Morgan fingerprint density at radius 2 is 2.11 bits per heavy atom. The maximum Gasteiger partial charge on any atom is 0.227 e. The van der Waals surface area contributed by atoms with Crippen molar-refractivity contribution in [2.24, 2.45) is 11.7 Å². The second-order valence-corrected chi connectivity index (χ2v) is 5.31. The Hall–Kier alpha value is -1.42. The van der Waals surface area contributed by atoms with Crippen molar-refractivity contribution in [2.45, 2.75) is 32.2 Å². The minimum atomic E-state index is -0.275. The molecule has 2 atom stereocenters. The minimum Gasteiger partial charge on any atom is -0.338 e. The largest absolute Gasteiger partial charge is 0.338 e. The first-order valence-corrected chi connectivity index (χ1v) is 6.86. The number of carbonyl (C=O) groups excluding carboxylic acids is 1. The summed E-state index contributed by atoms with van der Waals surface area (Å²) >= 11 is 0. The highest BCUT2D eigenvalue weighted by molar-refractivity contribution is 5.79. The smallest absolute Gasteiger partial charge is 0.227 e. The molecule has 0 saturated carbocycles. The van der Waals surface area contributed by atoms with Gasteiger partial charge in [0.1, 0.15) is 5.82 Å². The van der Waals surface area contributed by atoms with Crippen LogP contribution in [0.1, 0.15) is 25.3 Å². The molecule has 0 unspecified atom stereocenters. The number of likely N-dealkylation sites (tertiary alicyclic amines) is 1.